The Kier molecular flexibility index (Phi) is 3.56. The van der Waals surface area contributed by atoms with Crippen LogP contribution in [-0.2, 0) is 13.6 Å². The van der Waals surface area contributed by atoms with Crippen molar-refractivity contribution in [1.29, 1.82) is 0 Å². The second kappa shape index (κ2) is 5.36. The van der Waals surface area contributed by atoms with E-state index in [2.05, 4.69) is 33.9 Å². The maximum atomic E-state index is 4.56. The maximum absolute atomic E-state index is 4.56. The summed E-state index contributed by atoms with van der Waals surface area (Å²) in [5, 5.41) is 8.74. The highest BCUT2D eigenvalue weighted by Crippen LogP contribution is 2.35. The molecular formula is C14H22N6. The molecule has 2 aromatic rings. The number of hydrogen-bond acceptors (Lipinski definition) is 4. The molecule has 0 unspecified atom stereocenters. The third-order valence-corrected chi connectivity index (χ3v) is 4.34. The van der Waals surface area contributed by atoms with Gasteiger partial charge in [-0.05, 0) is 33.2 Å². The zero-order valence-electron chi connectivity index (χ0n) is 12.5. The summed E-state index contributed by atoms with van der Waals surface area (Å²) in [7, 11) is 2.03. The van der Waals surface area contributed by atoms with Crippen molar-refractivity contribution in [1.82, 2.24) is 29.4 Å². The largest absolute Gasteiger partial charge is 0.294 e. The van der Waals surface area contributed by atoms with Gasteiger partial charge in [0.15, 0.2) is 0 Å². The van der Waals surface area contributed by atoms with Gasteiger partial charge in [-0.25, -0.2) is 4.98 Å². The number of aryl methyl sites for hydroxylation is 2. The number of nitrogens with zero attached hydrogens (tertiary/aromatic N) is 6. The van der Waals surface area contributed by atoms with E-state index in [1.807, 2.05) is 16.4 Å². The molecule has 6 heteroatoms. The summed E-state index contributed by atoms with van der Waals surface area (Å²) in [6, 6.07) is 0.507. The van der Waals surface area contributed by atoms with Gasteiger partial charge in [-0.3, -0.25) is 14.3 Å². The molecule has 1 atom stereocenters. The average molecular weight is 274 g/mol. The van der Waals surface area contributed by atoms with Gasteiger partial charge in [0.05, 0.1) is 12.2 Å². The Balaban J connectivity index is 1.75. The monoisotopic (exact) mass is 274 g/mol. The van der Waals surface area contributed by atoms with Crippen molar-refractivity contribution in [2.75, 3.05) is 13.1 Å². The molecular weight excluding hydrogens is 252 g/mol. The van der Waals surface area contributed by atoms with Crippen molar-refractivity contribution in [3.8, 4) is 0 Å². The predicted octanol–water partition coefficient (Wildman–Crippen LogP) is 1.47. The zero-order valence-corrected chi connectivity index (χ0v) is 12.5. The molecule has 20 heavy (non-hydrogen) atoms. The van der Waals surface area contributed by atoms with Crippen molar-refractivity contribution in [2.24, 2.45) is 7.05 Å². The summed E-state index contributed by atoms with van der Waals surface area (Å²) in [5.41, 5.74) is 3.88. The van der Waals surface area contributed by atoms with Crippen LogP contribution in [0.4, 0.5) is 0 Å². The molecule has 0 aliphatic carbocycles. The van der Waals surface area contributed by atoms with Crippen LogP contribution in [0.25, 0.3) is 0 Å². The Morgan fingerprint density at radius 1 is 1.30 bits per heavy atom. The zero-order chi connectivity index (χ0) is 14.1. The van der Waals surface area contributed by atoms with E-state index in [0.29, 0.717) is 6.04 Å². The van der Waals surface area contributed by atoms with Gasteiger partial charge in [-0.2, -0.15) is 10.2 Å². The van der Waals surface area contributed by atoms with Gasteiger partial charge in [0.2, 0.25) is 0 Å². The van der Waals surface area contributed by atoms with Crippen LogP contribution in [0.3, 0.4) is 0 Å². The fraction of sp³-hybridized carbons (Fsp3) is 0.643. The molecule has 108 valence electrons. The lowest BCUT2D eigenvalue weighted by atomic mass is 10.0. The Morgan fingerprint density at radius 2 is 2.15 bits per heavy atom. The molecule has 3 heterocycles. The summed E-state index contributed by atoms with van der Waals surface area (Å²) in [5.74, 6) is 0. The Morgan fingerprint density at radius 3 is 2.80 bits per heavy atom. The topological polar surface area (TPSA) is 51.8 Å². The predicted molar refractivity (Wildman–Crippen MR) is 76.3 cm³/mol. The van der Waals surface area contributed by atoms with Crippen LogP contribution >= 0.6 is 0 Å². The van der Waals surface area contributed by atoms with Gasteiger partial charge >= 0.3 is 0 Å². The van der Waals surface area contributed by atoms with Crippen molar-refractivity contribution >= 4 is 0 Å². The summed E-state index contributed by atoms with van der Waals surface area (Å²) in [4.78, 5) is 6.55. The summed E-state index contributed by atoms with van der Waals surface area (Å²) >= 11 is 0. The number of hydrogen-bond donors (Lipinski definition) is 0. The molecule has 0 aromatic carbocycles. The van der Waals surface area contributed by atoms with Crippen LogP contribution in [0.15, 0.2) is 12.7 Å². The minimum absolute atomic E-state index is 0.507. The lowest BCUT2D eigenvalue weighted by Gasteiger charge is -2.25. The van der Waals surface area contributed by atoms with Crippen molar-refractivity contribution in [2.45, 2.75) is 39.3 Å². The third-order valence-electron chi connectivity index (χ3n) is 4.34. The summed E-state index contributed by atoms with van der Waals surface area (Å²) in [6.45, 7) is 7.36. The number of aromatic nitrogens is 5. The second-order valence-electron chi connectivity index (χ2n) is 5.56. The number of likely N-dealkylation sites (tertiary alicyclic amines) is 1. The van der Waals surface area contributed by atoms with Crippen molar-refractivity contribution in [3.05, 3.63) is 29.6 Å². The highest BCUT2D eigenvalue weighted by molar-refractivity contribution is 5.29. The lowest BCUT2D eigenvalue weighted by Crippen LogP contribution is -2.28. The van der Waals surface area contributed by atoms with Crippen LogP contribution in [0.5, 0.6) is 0 Å². The first-order valence-corrected chi connectivity index (χ1v) is 7.23. The molecule has 1 saturated heterocycles. The van der Waals surface area contributed by atoms with Gasteiger partial charge in [0.1, 0.15) is 12.7 Å². The minimum atomic E-state index is 0.507. The minimum Gasteiger partial charge on any atom is -0.294 e. The maximum Gasteiger partial charge on any atom is 0.137 e. The molecule has 0 N–H and O–H groups in total. The van der Waals surface area contributed by atoms with Crippen LogP contribution in [0, 0.1) is 13.8 Å². The lowest BCUT2D eigenvalue weighted by molar-refractivity contribution is 0.241. The van der Waals surface area contributed by atoms with Crippen LogP contribution in [-0.4, -0.2) is 42.5 Å². The van der Waals surface area contributed by atoms with Gasteiger partial charge in [-0.1, -0.05) is 0 Å². The molecule has 0 radical (unpaired) electrons. The van der Waals surface area contributed by atoms with Crippen molar-refractivity contribution in [3.63, 3.8) is 0 Å². The van der Waals surface area contributed by atoms with E-state index in [1.165, 1.54) is 29.8 Å². The van der Waals surface area contributed by atoms with Gasteiger partial charge < -0.3 is 0 Å². The molecule has 6 nitrogen and oxygen atoms in total. The first kappa shape index (κ1) is 13.3. The number of rotatable bonds is 4. The SMILES string of the molecule is Cc1nn(C)c(C)c1[C@@H]1CCCN1CCn1cncn1. The standard InChI is InChI=1S/C14H22N6/c1-11-14(12(2)18(3)17-11)13-5-4-6-19(13)7-8-20-10-15-9-16-20/h9-10,13H,4-8H2,1-3H3/t13-/m0/s1. The Hall–Kier alpha value is -1.69. The molecule has 2 aromatic heterocycles. The first-order chi connectivity index (χ1) is 9.66. The van der Waals surface area contributed by atoms with Crippen molar-refractivity contribution < 1.29 is 0 Å². The van der Waals surface area contributed by atoms with Crippen LogP contribution in [0.1, 0.15) is 35.8 Å². The third kappa shape index (κ3) is 2.35. The molecule has 1 aliphatic rings. The normalized spacial score (nSPS) is 19.9. The van der Waals surface area contributed by atoms with Crippen LogP contribution < -0.4 is 0 Å². The van der Waals surface area contributed by atoms with E-state index < -0.39 is 0 Å². The van der Waals surface area contributed by atoms with E-state index in [0.717, 1.165) is 19.6 Å². The van der Waals surface area contributed by atoms with E-state index in [9.17, 15) is 0 Å². The van der Waals surface area contributed by atoms with Gasteiger partial charge in [0, 0.05) is 30.9 Å². The van der Waals surface area contributed by atoms with Crippen LogP contribution in [0.2, 0.25) is 0 Å². The highest BCUT2D eigenvalue weighted by atomic mass is 15.3. The van der Waals surface area contributed by atoms with Gasteiger partial charge in [0.25, 0.3) is 0 Å². The first-order valence-electron chi connectivity index (χ1n) is 7.23. The van der Waals surface area contributed by atoms with Gasteiger partial charge in [-0.15, -0.1) is 0 Å². The molecule has 3 rings (SSSR count). The van der Waals surface area contributed by atoms with E-state index >= 15 is 0 Å². The molecule has 0 bridgehead atoms. The fourth-order valence-electron chi connectivity index (χ4n) is 3.27. The average Bonchev–Trinajstić information content (AvgIpc) is 3.10. The molecule has 0 saturated carbocycles. The van der Waals surface area contributed by atoms with E-state index in [1.54, 1.807) is 12.7 Å². The van der Waals surface area contributed by atoms with E-state index in [4.69, 9.17) is 0 Å². The second-order valence-corrected chi connectivity index (χ2v) is 5.56. The quantitative estimate of drug-likeness (QED) is 0.847. The summed E-state index contributed by atoms with van der Waals surface area (Å²) < 4.78 is 3.90. The molecule has 0 spiro atoms. The molecule has 0 amide bonds. The molecule has 1 aliphatic heterocycles. The Labute approximate surface area is 119 Å². The summed E-state index contributed by atoms with van der Waals surface area (Å²) in [6.07, 6.45) is 5.86. The van der Waals surface area contributed by atoms with E-state index in [-0.39, 0.29) is 0 Å². The fourth-order valence-corrected chi connectivity index (χ4v) is 3.27. The smallest absolute Gasteiger partial charge is 0.137 e. The molecule has 1 fully saturated rings. The Bertz CT molecular complexity index is 571. The highest BCUT2D eigenvalue weighted by Gasteiger charge is 2.29.